The molecule has 1 aliphatic heterocycles. The van der Waals surface area contributed by atoms with Crippen LogP contribution in [0.1, 0.15) is 12.2 Å². The lowest BCUT2D eigenvalue weighted by Gasteiger charge is -2.34. The molecular weight excluding hydrogens is 392 g/mol. The van der Waals surface area contributed by atoms with Gasteiger partial charge in [0, 0.05) is 20.2 Å². The fourth-order valence-corrected chi connectivity index (χ4v) is 5.36. The number of tetrazole rings is 1. The minimum atomic E-state index is -3.72. The lowest BCUT2D eigenvalue weighted by atomic mass is 9.96. The summed E-state index contributed by atoms with van der Waals surface area (Å²) in [5.41, 5.74) is -0.633. The van der Waals surface area contributed by atoms with E-state index in [4.69, 9.17) is 16.3 Å². The molecule has 9 nitrogen and oxygen atoms in total. The Kier molecular flexibility index (Phi) is 5.82. The van der Waals surface area contributed by atoms with E-state index >= 15 is 0 Å². The van der Waals surface area contributed by atoms with E-state index in [2.05, 4.69) is 15.5 Å². The first kappa shape index (κ1) is 20.2. The summed E-state index contributed by atoms with van der Waals surface area (Å²) in [6.07, 6.45) is 0.567. The van der Waals surface area contributed by atoms with Gasteiger partial charge in [-0.25, -0.2) is 13.1 Å². The molecule has 2 heterocycles. The van der Waals surface area contributed by atoms with Crippen molar-refractivity contribution in [3.8, 4) is 0 Å². The minimum Gasteiger partial charge on any atom is -0.383 e. The van der Waals surface area contributed by atoms with Crippen molar-refractivity contribution in [1.82, 2.24) is 29.4 Å². The maximum atomic E-state index is 13.1. The van der Waals surface area contributed by atoms with Gasteiger partial charge in [-0.2, -0.15) is 4.31 Å². The summed E-state index contributed by atoms with van der Waals surface area (Å²) in [7, 11) is 1.70. The Bertz CT molecular complexity index is 903. The first-order valence-electron chi connectivity index (χ1n) is 8.50. The molecule has 0 N–H and O–H groups in total. The second kappa shape index (κ2) is 7.80. The Morgan fingerprint density at radius 3 is 2.74 bits per heavy atom. The number of benzene rings is 1. The molecule has 2 aromatic rings. The molecule has 1 fully saturated rings. The molecule has 0 amide bonds. The summed E-state index contributed by atoms with van der Waals surface area (Å²) in [6, 6.07) is 6.48. The molecule has 1 aromatic heterocycles. The van der Waals surface area contributed by atoms with Crippen molar-refractivity contribution in [1.29, 1.82) is 0 Å². The first-order chi connectivity index (χ1) is 12.8. The van der Waals surface area contributed by atoms with Crippen LogP contribution in [0.2, 0.25) is 5.02 Å². The highest BCUT2D eigenvalue weighted by molar-refractivity contribution is 7.89. The van der Waals surface area contributed by atoms with Crippen LogP contribution in [0, 0.1) is 0 Å². The highest BCUT2D eigenvalue weighted by Crippen LogP contribution is 2.38. The van der Waals surface area contributed by atoms with E-state index in [9.17, 15) is 8.42 Å². The van der Waals surface area contributed by atoms with Gasteiger partial charge in [0.05, 0.1) is 23.7 Å². The summed E-state index contributed by atoms with van der Waals surface area (Å²) in [4.78, 5) is 2.09. The molecule has 1 unspecified atom stereocenters. The molecule has 3 rings (SSSR count). The summed E-state index contributed by atoms with van der Waals surface area (Å²) in [5.74, 6) is 0.626. The third-order valence-corrected chi connectivity index (χ3v) is 7.32. The zero-order valence-corrected chi connectivity index (χ0v) is 17.1. The highest BCUT2D eigenvalue weighted by Gasteiger charge is 2.49. The van der Waals surface area contributed by atoms with Gasteiger partial charge in [0.15, 0.2) is 5.82 Å². The fraction of sp³-hybridized carbons (Fsp3) is 0.562. The van der Waals surface area contributed by atoms with Crippen molar-refractivity contribution in [2.45, 2.75) is 23.4 Å². The number of sulfonamides is 1. The van der Waals surface area contributed by atoms with E-state index < -0.39 is 15.6 Å². The summed E-state index contributed by atoms with van der Waals surface area (Å²) < 4.78 is 34.5. The third-order valence-electron chi connectivity index (χ3n) is 4.98. The van der Waals surface area contributed by atoms with Crippen LogP contribution >= 0.6 is 11.6 Å². The van der Waals surface area contributed by atoms with Crippen LogP contribution in [0.25, 0.3) is 0 Å². The van der Waals surface area contributed by atoms with Gasteiger partial charge in [0.1, 0.15) is 4.90 Å². The fourth-order valence-electron chi connectivity index (χ4n) is 3.37. The first-order valence-corrected chi connectivity index (χ1v) is 10.3. The summed E-state index contributed by atoms with van der Waals surface area (Å²) in [5, 5.41) is 12.3. The quantitative estimate of drug-likeness (QED) is 0.662. The normalized spacial score (nSPS) is 21.2. The molecule has 27 heavy (non-hydrogen) atoms. The van der Waals surface area contributed by atoms with E-state index in [1.807, 2.05) is 19.0 Å². The Hall–Kier alpha value is -1.59. The van der Waals surface area contributed by atoms with E-state index in [-0.39, 0.29) is 16.5 Å². The minimum absolute atomic E-state index is 0.111. The highest BCUT2D eigenvalue weighted by atomic mass is 35.5. The molecule has 0 radical (unpaired) electrons. The lowest BCUT2D eigenvalue weighted by molar-refractivity contribution is 0.138. The topological polar surface area (TPSA) is 93.4 Å². The summed E-state index contributed by atoms with van der Waals surface area (Å²) >= 11 is 6.14. The predicted octanol–water partition coefficient (Wildman–Crippen LogP) is 0.824. The number of methoxy groups -OCH3 is 1. The predicted molar refractivity (Wildman–Crippen MR) is 99.9 cm³/mol. The zero-order valence-electron chi connectivity index (χ0n) is 15.5. The van der Waals surface area contributed by atoms with Crippen molar-refractivity contribution in [3.05, 3.63) is 35.1 Å². The van der Waals surface area contributed by atoms with Gasteiger partial charge in [0.2, 0.25) is 10.0 Å². The van der Waals surface area contributed by atoms with E-state index in [0.29, 0.717) is 31.9 Å². The number of nitrogens with zero attached hydrogens (tertiary/aromatic N) is 6. The number of hydrogen-bond acceptors (Lipinski definition) is 7. The molecule has 1 aromatic carbocycles. The number of likely N-dealkylation sites (N-methyl/N-ethyl adjacent to an activating group) is 1. The maximum absolute atomic E-state index is 13.1. The molecule has 1 saturated heterocycles. The van der Waals surface area contributed by atoms with Crippen molar-refractivity contribution < 1.29 is 13.2 Å². The van der Waals surface area contributed by atoms with Crippen molar-refractivity contribution in [3.63, 3.8) is 0 Å². The maximum Gasteiger partial charge on any atom is 0.244 e. The number of halogens is 1. The monoisotopic (exact) mass is 414 g/mol. The number of rotatable bonds is 7. The standard InChI is InChI=1S/C16H23ClN6O3S/c1-21(2)16(15-18-19-20-23(15)10-11-26-3)8-9-22(12-16)27(24,25)14-7-5-4-6-13(14)17/h4-7H,8-12H2,1-3H3. The van der Waals surface area contributed by atoms with Gasteiger partial charge in [0.25, 0.3) is 0 Å². The molecule has 0 bridgehead atoms. The van der Waals surface area contributed by atoms with Crippen LogP contribution in [-0.2, 0) is 26.8 Å². The molecule has 148 valence electrons. The van der Waals surface area contributed by atoms with E-state index in [1.165, 1.54) is 10.4 Å². The van der Waals surface area contributed by atoms with Gasteiger partial charge in [-0.05, 0) is 43.1 Å². The molecule has 1 atom stereocenters. The SMILES string of the molecule is COCCn1nnnc1C1(N(C)C)CCN(S(=O)(=O)c2ccccc2Cl)C1. The van der Waals surface area contributed by atoms with Crippen LogP contribution in [0.4, 0.5) is 0 Å². The zero-order chi connectivity index (χ0) is 19.7. The molecular formula is C16H23ClN6O3S. The summed E-state index contributed by atoms with van der Waals surface area (Å²) in [6.45, 7) is 1.54. The van der Waals surface area contributed by atoms with Crippen LogP contribution in [0.5, 0.6) is 0 Å². The molecule has 0 spiro atoms. The smallest absolute Gasteiger partial charge is 0.244 e. The van der Waals surface area contributed by atoms with Gasteiger partial charge in [-0.15, -0.1) is 5.10 Å². The molecule has 1 aliphatic rings. The second-order valence-corrected chi connectivity index (χ2v) is 8.98. The van der Waals surface area contributed by atoms with Crippen LogP contribution in [0.3, 0.4) is 0 Å². The average Bonchev–Trinajstić information content (AvgIpc) is 3.28. The number of ether oxygens (including phenoxy) is 1. The van der Waals surface area contributed by atoms with Gasteiger partial charge in [-0.3, -0.25) is 4.90 Å². The third kappa shape index (κ3) is 3.59. The van der Waals surface area contributed by atoms with Crippen LogP contribution < -0.4 is 0 Å². The second-order valence-electron chi connectivity index (χ2n) is 6.66. The Labute approximate surface area is 163 Å². The average molecular weight is 415 g/mol. The largest absolute Gasteiger partial charge is 0.383 e. The van der Waals surface area contributed by atoms with Gasteiger partial charge >= 0.3 is 0 Å². The van der Waals surface area contributed by atoms with Gasteiger partial charge < -0.3 is 4.74 Å². The van der Waals surface area contributed by atoms with E-state index in [1.54, 1.807) is 30.0 Å². The number of hydrogen-bond donors (Lipinski definition) is 0. The van der Waals surface area contributed by atoms with Crippen molar-refractivity contribution in [2.24, 2.45) is 0 Å². The van der Waals surface area contributed by atoms with Crippen molar-refractivity contribution in [2.75, 3.05) is 40.9 Å². The Morgan fingerprint density at radius 2 is 2.07 bits per heavy atom. The lowest BCUT2D eigenvalue weighted by Crippen LogP contribution is -2.47. The van der Waals surface area contributed by atoms with Crippen molar-refractivity contribution >= 4 is 21.6 Å². The van der Waals surface area contributed by atoms with Crippen LogP contribution in [0.15, 0.2) is 29.2 Å². The van der Waals surface area contributed by atoms with Crippen LogP contribution in [-0.4, -0.2) is 78.7 Å². The molecule has 11 heteroatoms. The molecule has 0 saturated carbocycles. The van der Waals surface area contributed by atoms with Gasteiger partial charge in [-0.1, -0.05) is 23.7 Å². The number of aromatic nitrogens is 4. The van der Waals surface area contributed by atoms with E-state index in [0.717, 1.165) is 0 Å². The Morgan fingerprint density at radius 1 is 1.33 bits per heavy atom. The molecule has 0 aliphatic carbocycles. The Balaban J connectivity index is 1.95.